The molecule has 0 atom stereocenters. The lowest BCUT2D eigenvalue weighted by atomic mass is 10.5. The van der Waals surface area contributed by atoms with Crippen molar-refractivity contribution >= 4 is 42.3 Å². The highest BCUT2D eigenvalue weighted by Gasteiger charge is 2.46. The van der Waals surface area contributed by atoms with Gasteiger partial charge in [0.2, 0.25) is 0 Å². The predicted molar refractivity (Wildman–Crippen MR) is 130 cm³/mol. The van der Waals surface area contributed by atoms with E-state index in [1.165, 1.54) is 0 Å². The maximum atomic E-state index is 6.74. The molecule has 170 valence electrons. The highest BCUT2D eigenvalue weighted by molar-refractivity contribution is 6.90. The fourth-order valence-corrected chi connectivity index (χ4v) is 26.8. The molecule has 0 spiro atoms. The fraction of sp³-hybridized carbons (Fsp3) is 1.00. The van der Waals surface area contributed by atoms with Crippen LogP contribution in [0.3, 0.4) is 0 Å². The number of hydrogen-bond donors (Lipinski definition) is 0. The molecule has 0 N–H and O–H groups in total. The van der Waals surface area contributed by atoms with Crippen LogP contribution in [0.2, 0.25) is 78.1 Å². The topological polar surface area (TPSA) is 55.4 Å². The molecule has 0 heterocycles. The summed E-state index contributed by atoms with van der Waals surface area (Å²) in [4.78, 5) is 0. The van der Waals surface area contributed by atoms with Crippen molar-refractivity contribution in [3.05, 3.63) is 0 Å². The average Bonchev–Trinajstić information content (AvgIpc) is 2.34. The van der Waals surface area contributed by atoms with Gasteiger partial charge in [-0.05, 0) is 84.5 Å². The minimum Gasteiger partial charge on any atom is -0.437 e. The standard InChI is InChI=1S/C17H46O6Si5/c1-18-15-16-19-14-13-17-28(12,22-26(8,9)20-24(2,3)4)23-27(10,11)21-25(5,6)7/h13-17H2,1-12H3. The highest BCUT2D eigenvalue weighted by atomic mass is 28.5. The third kappa shape index (κ3) is 15.7. The second kappa shape index (κ2) is 11.5. The van der Waals surface area contributed by atoms with E-state index in [-0.39, 0.29) is 0 Å². The molecule has 0 aliphatic rings. The summed E-state index contributed by atoms with van der Waals surface area (Å²) in [5.74, 6) is 0. The van der Waals surface area contributed by atoms with E-state index in [4.69, 9.17) is 25.9 Å². The third-order valence-electron chi connectivity index (χ3n) is 3.38. The van der Waals surface area contributed by atoms with Crippen molar-refractivity contribution in [2.45, 2.75) is 84.5 Å². The predicted octanol–water partition coefficient (Wildman–Crippen LogP) is 5.25. The number of rotatable bonds is 15. The molecule has 0 aromatic rings. The molecule has 0 unspecified atom stereocenters. The zero-order valence-corrected chi connectivity index (χ0v) is 25.5. The van der Waals surface area contributed by atoms with Gasteiger partial charge >= 0.3 is 25.7 Å². The van der Waals surface area contributed by atoms with Crippen LogP contribution in [0, 0.1) is 0 Å². The van der Waals surface area contributed by atoms with Crippen molar-refractivity contribution in [1.82, 2.24) is 0 Å². The average molecular weight is 487 g/mol. The van der Waals surface area contributed by atoms with E-state index in [2.05, 4.69) is 72.0 Å². The molecule has 0 aliphatic carbocycles. The van der Waals surface area contributed by atoms with Crippen molar-refractivity contribution < 1.29 is 25.9 Å². The van der Waals surface area contributed by atoms with Gasteiger partial charge in [-0.25, -0.2) is 0 Å². The molecule has 0 aliphatic heterocycles. The molecule has 0 rings (SSSR count). The third-order valence-corrected chi connectivity index (χ3v) is 20.9. The first kappa shape index (κ1) is 28.8. The van der Waals surface area contributed by atoms with E-state index in [1.54, 1.807) is 7.11 Å². The lowest BCUT2D eigenvalue weighted by molar-refractivity contribution is 0.0703. The molecule has 0 fully saturated rings. The SMILES string of the molecule is COCCOCCC[Si](C)(O[Si](C)(C)O[Si](C)(C)C)O[Si](C)(C)O[Si](C)(C)C. The summed E-state index contributed by atoms with van der Waals surface area (Å²) in [5.41, 5.74) is 0. The summed E-state index contributed by atoms with van der Waals surface area (Å²) >= 11 is 0. The van der Waals surface area contributed by atoms with Gasteiger partial charge in [0.05, 0.1) is 13.2 Å². The smallest absolute Gasteiger partial charge is 0.317 e. The summed E-state index contributed by atoms with van der Waals surface area (Å²) in [7, 11) is -8.77. The summed E-state index contributed by atoms with van der Waals surface area (Å²) in [6, 6.07) is 0.872. The van der Waals surface area contributed by atoms with Crippen LogP contribution >= 0.6 is 0 Å². The molecule has 28 heavy (non-hydrogen) atoms. The first-order chi connectivity index (χ1) is 12.4. The lowest BCUT2D eigenvalue weighted by Crippen LogP contribution is -2.59. The van der Waals surface area contributed by atoms with E-state index in [0.29, 0.717) is 19.8 Å². The van der Waals surface area contributed by atoms with Crippen molar-refractivity contribution in [3.8, 4) is 0 Å². The van der Waals surface area contributed by atoms with Gasteiger partial charge in [-0.3, -0.25) is 0 Å². The molecule has 0 saturated heterocycles. The molecule has 0 saturated carbocycles. The molecule has 0 radical (unpaired) electrons. The van der Waals surface area contributed by atoms with Gasteiger partial charge in [0, 0.05) is 13.7 Å². The summed E-state index contributed by atoms with van der Waals surface area (Å²) in [6.07, 6.45) is 0.904. The molecule has 6 nitrogen and oxygen atoms in total. The van der Waals surface area contributed by atoms with E-state index in [9.17, 15) is 0 Å². The van der Waals surface area contributed by atoms with Gasteiger partial charge < -0.3 is 25.9 Å². The Bertz CT molecular complexity index is 418. The number of hydrogen-bond acceptors (Lipinski definition) is 6. The van der Waals surface area contributed by atoms with Crippen molar-refractivity contribution in [2.75, 3.05) is 26.9 Å². The van der Waals surface area contributed by atoms with E-state index >= 15 is 0 Å². The van der Waals surface area contributed by atoms with Gasteiger partial charge in [-0.2, -0.15) is 0 Å². The Morgan fingerprint density at radius 2 is 0.964 bits per heavy atom. The van der Waals surface area contributed by atoms with Crippen LogP contribution in [0.1, 0.15) is 6.42 Å². The highest BCUT2D eigenvalue weighted by Crippen LogP contribution is 2.29. The summed E-state index contributed by atoms with van der Waals surface area (Å²) in [6.45, 7) is 25.9. The zero-order chi connectivity index (χ0) is 22.3. The van der Waals surface area contributed by atoms with Crippen LogP contribution in [0.5, 0.6) is 0 Å². The minimum atomic E-state index is -2.48. The van der Waals surface area contributed by atoms with Crippen molar-refractivity contribution in [3.63, 3.8) is 0 Å². The van der Waals surface area contributed by atoms with Crippen molar-refractivity contribution in [2.24, 2.45) is 0 Å². The quantitative estimate of drug-likeness (QED) is 0.233. The zero-order valence-electron chi connectivity index (χ0n) is 20.5. The largest absolute Gasteiger partial charge is 0.437 e. The molecular weight excluding hydrogens is 441 g/mol. The Labute approximate surface area is 179 Å². The first-order valence-corrected chi connectivity index (χ1v) is 25.2. The van der Waals surface area contributed by atoms with Crippen LogP contribution in [-0.4, -0.2) is 69.2 Å². The van der Waals surface area contributed by atoms with Crippen LogP contribution in [0.25, 0.3) is 0 Å². The van der Waals surface area contributed by atoms with E-state index in [0.717, 1.165) is 12.5 Å². The molecule has 0 amide bonds. The Hall–Kier alpha value is 0.844. The van der Waals surface area contributed by atoms with Gasteiger partial charge in [0.25, 0.3) is 0 Å². The second-order valence-corrected chi connectivity index (χ2v) is 30.4. The fourth-order valence-electron chi connectivity index (χ4n) is 3.42. The Kier molecular flexibility index (Phi) is 11.8. The Morgan fingerprint density at radius 1 is 0.536 bits per heavy atom. The number of methoxy groups -OCH3 is 1. The second-order valence-electron chi connectivity index (χ2n) is 10.3. The van der Waals surface area contributed by atoms with Crippen LogP contribution < -0.4 is 0 Å². The molecule has 0 aromatic heterocycles. The lowest BCUT2D eigenvalue weighted by Gasteiger charge is -2.43. The maximum absolute atomic E-state index is 6.74. The Balaban J connectivity index is 5.18. The van der Waals surface area contributed by atoms with Gasteiger partial charge in [-0.15, -0.1) is 0 Å². The number of ether oxygens (including phenoxy) is 2. The van der Waals surface area contributed by atoms with Gasteiger partial charge in [-0.1, -0.05) is 0 Å². The molecular formula is C17H46O6Si5. The van der Waals surface area contributed by atoms with Gasteiger partial charge in [0.15, 0.2) is 16.6 Å². The van der Waals surface area contributed by atoms with Crippen LogP contribution in [-0.2, 0) is 25.9 Å². The van der Waals surface area contributed by atoms with Crippen molar-refractivity contribution in [1.29, 1.82) is 0 Å². The van der Waals surface area contributed by atoms with Gasteiger partial charge in [0.1, 0.15) is 0 Å². The van der Waals surface area contributed by atoms with Crippen LogP contribution in [0.15, 0.2) is 0 Å². The summed E-state index contributed by atoms with van der Waals surface area (Å²) in [5, 5.41) is 0. The summed E-state index contributed by atoms with van der Waals surface area (Å²) < 4.78 is 37.0. The van der Waals surface area contributed by atoms with E-state index in [1.807, 2.05) is 0 Å². The minimum absolute atomic E-state index is 0.619. The van der Waals surface area contributed by atoms with Crippen LogP contribution in [0.4, 0.5) is 0 Å². The monoisotopic (exact) mass is 486 g/mol. The Morgan fingerprint density at radius 3 is 1.32 bits per heavy atom. The molecule has 0 bridgehead atoms. The molecule has 11 heteroatoms. The normalized spacial score (nSPS) is 14.6. The maximum Gasteiger partial charge on any atom is 0.317 e. The molecule has 0 aromatic carbocycles. The van der Waals surface area contributed by atoms with E-state index < -0.39 is 42.3 Å². The first-order valence-electron chi connectivity index (χ1n) is 10.3.